The fourth-order valence-electron chi connectivity index (χ4n) is 3.88. The van der Waals surface area contributed by atoms with Gasteiger partial charge in [-0.2, -0.15) is 0 Å². The number of halogens is 1. The number of anilines is 2. The van der Waals surface area contributed by atoms with Gasteiger partial charge >= 0.3 is 0 Å². The molecule has 0 saturated carbocycles. The number of carbonyl (C=O) groups is 3. The number of amides is 3. The van der Waals surface area contributed by atoms with Gasteiger partial charge in [0, 0.05) is 51.2 Å². The van der Waals surface area contributed by atoms with Gasteiger partial charge < -0.3 is 24.8 Å². The lowest BCUT2D eigenvalue weighted by atomic mass is 10.1. The lowest BCUT2D eigenvalue weighted by molar-refractivity contribution is -0.138. The number of piperazine rings is 1. The first-order chi connectivity index (χ1) is 16.4. The predicted octanol–water partition coefficient (Wildman–Crippen LogP) is 2.61. The van der Waals surface area contributed by atoms with E-state index in [-0.39, 0.29) is 36.4 Å². The molecule has 1 aliphatic rings. The molecule has 1 aliphatic heterocycles. The minimum absolute atomic E-state index is 0.0320. The van der Waals surface area contributed by atoms with Gasteiger partial charge in [0.2, 0.25) is 11.8 Å². The maximum atomic E-state index is 13.9. The SMILES string of the molecule is CCCN(CC(=O)Nc1ccc(N2CCN(C(=O)c3ccccc3F)CC2)cc1)C(=O)COC. The molecule has 9 heteroatoms. The van der Waals surface area contributed by atoms with E-state index < -0.39 is 5.82 Å². The van der Waals surface area contributed by atoms with Gasteiger partial charge in [-0.05, 0) is 42.8 Å². The van der Waals surface area contributed by atoms with Crippen LogP contribution in [0.3, 0.4) is 0 Å². The minimum atomic E-state index is -0.506. The molecule has 0 aromatic heterocycles. The van der Waals surface area contributed by atoms with Crippen LogP contribution in [-0.2, 0) is 14.3 Å². The monoisotopic (exact) mass is 470 g/mol. The predicted molar refractivity (Wildman–Crippen MR) is 128 cm³/mol. The van der Waals surface area contributed by atoms with Crippen LogP contribution >= 0.6 is 0 Å². The first-order valence-corrected chi connectivity index (χ1v) is 11.4. The zero-order valence-corrected chi connectivity index (χ0v) is 19.6. The average molecular weight is 471 g/mol. The summed E-state index contributed by atoms with van der Waals surface area (Å²) < 4.78 is 18.8. The van der Waals surface area contributed by atoms with Crippen molar-refractivity contribution in [2.24, 2.45) is 0 Å². The third kappa shape index (κ3) is 6.54. The molecule has 0 aliphatic carbocycles. The van der Waals surface area contributed by atoms with Gasteiger partial charge in [0.05, 0.1) is 12.1 Å². The lowest BCUT2D eigenvalue weighted by Crippen LogP contribution is -2.49. The number of methoxy groups -OCH3 is 1. The molecule has 0 unspecified atom stereocenters. The number of nitrogens with one attached hydrogen (secondary N) is 1. The largest absolute Gasteiger partial charge is 0.375 e. The standard InChI is InChI=1S/C25H31FN4O4/c1-3-12-30(24(32)18-34-2)17-23(31)27-19-8-10-20(11-9-19)28-13-15-29(16-14-28)25(33)21-6-4-5-7-22(21)26/h4-11H,3,12-18H2,1-2H3,(H,27,31). The summed E-state index contributed by atoms with van der Waals surface area (Å²) in [6.45, 7) is 4.58. The summed E-state index contributed by atoms with van der Waals surface area (Å²) in [6, 6.07) is 13.5. The fourth-order valence-corrected chi connectivity index (χ4v) is 3.88. The lowest BCUT2D eigenvalue weighted by Gasteiger charge is -2.36. The maximum Gasteiger partial charge on any atom is 0.256 e. The number of hydrogen-bond donors (Lipinski definition) is 1. The van der Waals surface area contributed by atoms with Gasteiger partial charge in [0.15, 0.2) is 0 Å². The molecule has 182 valence electrons. The molecule has 1 N–H and O–H groups in total. The zero-order chi connectivity index (χ0) is 24.5. The molecule has 0 radical (unpaired) electrons. The molecular formula is C25H31FN4O4. The molecule has 3 amide bonds. The molecule has 1 heterocycles. The van der Waals surface area contributed by atoms with Crippen molar-refractivity contribution in [3.63, 3.8) is 0 Å². The van der Waals surface area contributed by atoms with E-state index in [2.05, 4.69) is 10.2 Å². The molecule has 34 heavy (non-hydrogen) atoms. The molecule has 8 nitrogen and oxygen atoms in total. The topological polar surface area (TPSA) is 82.2 Å². The summed E-state index contributed by atoms with van der Waals surface area (Å²) in [5.74, 6) is -1.29. The number of ether oxygens (including phenoxy) is 1. The van der Waals surface area contributed by atoms with E-state index in [1.807, 2.05) is 31.2 Å². The van der Waals surface area contributed by atoms with Gasteiger partial charge in [-0.15, -0.1) is 0 Å². The van der Waals surface area contributed by atoms with Crippen LogP contribution in [-0.4, -0.2) is 80.5 Å². The number of hydrogen-bond acceptors (Lipinski definition) is 5. The van der Waals surface area contributed by atoms with E-state index in [9.17, 15) is 18.8 Å². The Bertz CT molecular complexity index is 991. The van der Waals surface area contributed by atoms with Gasteiger partial charge in [-0.3, -0.25) is 14.4 Å². The summed E-state index contributed by atoms with van der Waals surface area (Å²) in [5, 5.41) is 2.82. The highest BCUT2D eigenvalue weighted by Gasteiger charge is 2.24. The van der Waals surface area contributed by atoms with E-state index in [4.69, 9.17) is 4.74 Å². The van der Waals surface area contributed by atoms with E-state index in [1.54, 1.807) is 17.0 Å². The first-order valence-electron chi connectivity index (χ1n) is 11.4. The number of nitrogens with zero attached hydrogens (tertiary/aromatic N) is 3. The highest BCUT2D eigenvalue weighted by Crippen LogP contribution is 2.21. The van der Waals surface area contributed by atoms with Crippen LogP contribution in [0.25, 0.3) is 0 Å². The first kappa shape index (κ1) is 25.2. The van der Waals surface area contributed by atoms with E-state index >= 15 is 0 Å². The van der Waals surface area contributed by atoms with Gasteiger partial charge in [0.25, 0.3) is 5.91 Å². The third-order valence-electron chi connectivity index (χ3n) is 5.64. The third-order valence-corrected chi connectivity index (χ3v) is 5.64. The van der Waals surface area contributed by atoms with Crippen molar-refractivity contribution in [3.05, 3.63) is 59.9 Å². The van der Waals surface area contributed by atoms with Crippen molar-refractivity contribution in [1.82, 2.24) is 9.80 Å². The summed E-state index contributed by atoms with van der Waals surface area (Å²) >= 11 is 0. The van der Waals surface area contributed by atoms with Crippen molar-refractivity contribution in [2.75, 3.05) is 63.2 Å². The van der Waals surface area contributed by atoms with Crippen molar-refractivity contribution in [3.8, 4) is 0 Å². The van der Waals surface area contributed by atoms with Crippen LogP contribution in [0.4, 0.5) is 15.8 Å². The Balaban J connectivity index is 1.52. The van der Waals surface area contributed by atoms with Crippen LogP contribution in [0.2, 0.25) is 0 Å². The van der Waals surface area contributed by atoms with E-state index in [0.717, 1.165) is 12.1 Å². The Hall–Kier alpha value is -3.46. The van der Waals surface area contributed by atoms with Crippen molar-refractivity contribution in [1.29, 1.82) is 0 Å². The Morgan fingerprint density at radius 2 is 1.71 bits per heavy atom. The molecule has 0 spiro atoms. The average Bonchev–Trinajstić information content (AvgIpc) is 2.84. The van der Waals surface area contributed by atoms with Crippen LogP contribution in [0.15, 0.2) is 48.5 Å². The second-order valence-electron chi connectivity index (χ2n) is 8.10. The summed E-state index contributed by atoms with van der Waals surface area (Å²) in [4.78, 5) is 42.4. The second kappa shape index (κ2) is 12.1. The number of rotatable bonds is 9. The molecule has 0 atom stereocenters. The number of benzene rings is 2. The van der Waals surface area contributed by atoms with Crippen LogP contribution in [0.1, 0.15) is 23.7 Å². The quantitative estimate of drug-likeness (QED) is 0.609. The highest BCUT2D eigenvalue weighted by molar-refractivity contribution is 5.95. The maximum absolute atomic E-state index is 13.9. The fraction of sp³-hybridized carbons (Fsp3) is 0.400. The number of carbonyl (C=O) groups excluding carboxylic acids is 3. The smallest absolute Gasteiger partial charge is 0.256 e. The second-order valence-corrected chi connectivity index (χ2v) is 8.10. The molecule has 2 aromatic carbocycles. The molecule has 2 aromatic rings. The van der Waals surface area contributed by atoms with Crippen LogP contribution in [0.5, 0.6) is 0 Å². The normalized spacial score (nSPS) is 13.5. The summed E-state index contributed by atoms with van der Waals surface area (Å²) in [6.07, 6.45) is 0.747. The highest BCUT2D eigenvalue weighted by atomic mass is 19.1. The Labute approximate surface area is 199 Å². The Morgan fingerprint density at radius 3 is 2.32 bits per heavy atom. The van der Waals surface area contributed by atoms with Crippen LogP contribution in [0, 0.1) is 5.82 Å². The van der Waals surface area contributed by atoms with Gasteiger partial charge in [-0.25, -0.2) is 4.39 Å². The molecule has 0 bridgehead atoms. The van der Waals surface area contributed by atoms with Gasteiger partial charge in [-0.1, -0.05) is 19.1 Å². The van der Waals surface area contributed by atoms with Crippen molar-refractivity contribution >= 4 is 29.1 Å². The minimum Gasteiger partial charge on any atom is -0.375 e. The summed E-state index contributed by atoms with van der Waals surface area (Å²) in [7, 11) is 1.45. The van der Waals surface area contributed by atoms with Crippen molar-refractivity contribution in [2.45, 2.75) is 13.3 Å². The van der Waals surface area contributed by atoms with Crippen LogP contribution < -0.4 is 10.2 Å². The van der Waals surface area contributed by atoms with E-state index in [0.29, 0.717) is 38.4 Å². The molecule has 3 rings (SSSR count). The van der Waals surface area contributed by atoms with Gasteiger partial charge in [0.1, 0.15) is 12.4 Å². The molecule has 1 saturated heterocycles. The van der Waals surface area contributed by atoms with Crippen molar-refractivity contribution < 1.29 is 23.5 Å². The summed E-state index contributed by atoms with van der Waals surface area (Å²) in [5.41, 5.74) is 1.70. The Kier molecular flexibility index (Phi) is 8.98. The Morgan fingerprint density at radius 1 is 1.03 bits per heavy atom. The van der Waals surface area contributed by atoms with E-state index in [1.165, 1.54) is 24.1 Å². The zero-order valence-electron chi connectivity index (χ0n) is 19.6. The molecule has 1 fully saturated rings. The molecular weight excluding hydrogens is 439 g/mol.